The third-order valence-corrected chi connectivity index (χ3v) is 5.32. The third kappa shape index (κ3) is 9.67. The number of ether oxygens (including phenoxy) is 2. The lowest BCUT2D eigenvalue weighted by Gasteiger charge is -2.41. The summed E-state index contributed by atoms with van der Waals surface area (Å²) >= 11 is 0. The van der Waals surface area contributed by atoms with E-state index in [4.69, 9.17) is 9.47 Å². The molecule has 1 aliphatic carbocycles. The molecule has 0 aromatic carbocycles. The maximum absolute atomic E-state index is 12.2. The van der Waals surface area contributed by atoms with Crippen molar-refractivity contribution < 1.29 is 23.9 Å². The van der Waals surface area contributed by atoms with Gasteiger partial charge in [-0.05, 0) is 44.9 Å². The first-order chi connectivity index (χ1) is 13.3. The lowest BCUT2D eigenvalue weighted by atomic mass is 9.63. The Kier molecular flexibility index (Phi) is 11.4. The van der Waals surface area contributed by atoms with Crippen LogP contribution in [0.3, 0.4) is 0 Å². The first kappa shape index (κ1) is 24.6. The predicted octanol–water partition coefficient (Wildman–Crippen LogP) is 3.81. The average molecular weight is 398 g/mol. The van der Waals surface area contributed by atoms with Gasteiger partial charge in [0.1, 0.15) is 11.8 Å². The molecule has 0 spiro atoms. The molecule has 0 aromatic rings. The molecule has 1 saturated carbocycles. The maximum atomic E-state index is 12.2. The van der Waals surface area contributed by atoms with E-state index in [1.165, 1.54) is 0 Å². The second-order valence-corrected chi connectivity index (χ2v) is 8.50. The Hall–Kier alpha value is -1.43. The maximum Gasteiger partial charge on any atom is 0.323 e. The zero-order valence-corrected chi connectivity index (χ0v) is 18.2. The van der Waals surface area contributed by atoms with Gasteiger partial charge in [0.15, 0.2) is 0 Å². The Morgan fingerprint density at radius 3 is 2.21 bits per heavy atom. The van der Waals surface area contributed by atoms with E-state index in [0.29, 0.717) is 50.2 Å². The zero-order valence-electron chi connectivity index (χ0n) is 18.2. The van der Waals surface area contributed by atoms with Crippen LogP contribution in [-0.2, 0) is 23.9 Å². The molecular weight excluding hydrogens is 358 g/mol. The van der Waals surface area contributed by atoms with Crippen molar-refractivity contribution in [3.8, 4) is 0 Å². The Bertz CT molecular complexity index is 495. The Balaban J connectivity index is 2.24. The fourth-order valence-corrected chi connectivity index (χ4v) is 3.83. The molecule has 0 bridgehead atoms. The third-order valence-electron chi connectivity index (χ3n) is 5.32. The van der Waals surface area contributed by atoms with E-state index in [1.54, 1.807) is 13.8 Å². The second kappa shape index (κ2) is 12.9. The van der Waals surface area contributed by atoms with E-state index in [-0.39, 0.29) is 23.9 Å². The molecule has 0 aromatic heterocycles. The molecule has 6 heteroatoms. The number of carbonyl (C=O) groups is 3. The quantitative estimate of drug-likeness (QED) is 0.334. The van der Waals surface area contributed by atoms with Crippen LogP contribution in [0.25, 0.3) is 0 Å². The van der Waals surface area contributed by atoms with Gasteiger partial charge in [-0.25, -0.2) is 0 Å². The molecule has 1 aliphatic rings. The molecule has 0 amide bonds. The molecular formula is C22H39NO5. The first-order valence-electron chi connectivity index (χ1n) is 10.9. The fraction of sp³-hybridized carbons (Fsp3) is 0.864. The molecule has 6 nitrogen and oxygen atoms in total. The van der Waals surface area contributed by atoms with Gasteiger partial charge >= 0.3 is 11.9 Å². The van der Waals surface area contributed by atoms with Crippen LogP contribution in [0.4, 0.5) is 0 Å². The van der Waals surface area contributed by atoms with E-state index in [2.05, 4.69) is 19.2 Å². The molecule has 28 heavy (non-hydrogen) atoms. The van der Waals surface area contributed by atoms with Gasteiger partial charge in [-0.3, -0.25) is 14.4 Å². The summed E-state index contributed by atoms with van der Waals surface area (Å²) in [5, 5.41) is 3.22. The van der Waals surface area contributed by atoms with Gasteiger partial charge in [0.05, 0.1) is 13.2 Å². The average Bonchev–Trinajstić information content (AvgIpc) is 2.61. The van der Waals surface area contributed by atoms with Crippen LogP contribution in [0.2, 0.25) is 0 Å². The van der Waals surface area contributed by atoms with E-state index in [1.807, 2.05) is 0 Å². The fourth-order valence-electron chi connectivity index (χ4n) is 3.83. The summed E-state index contributed by atoms with van der Waals surface area (Å²) in [6.07, 6.45) is 7.12. The van der Waals surface area contributed by atoms with E-state index >= 15 is 0 Å². The molecule has 0 radical (unpaired) electrons. The second-order valence-electron chi connectivity index (χ2n) is 8.50. The smallest absolute Gasteiger partial charge is 0.323 e. The number of esters is 2. The number of hydrogen-bond donors (Lipinski definition) is 1. The molecule has 1 rings (SSSR count). The topological polar surface area (TPSA) is 81.7 Å². The van der Waals surface area contributed by atoms with Crippen molar-refractivity contribution in [3.63, 3.8) is 0 Å². The van der Waals surface area contributed by atoms with Gasteiger partial charge in [0.25, 0.3) is 0 Å². The number of rotatable bonds is 15. The van der Waals surface area contributed by atoms with Crippen LogP contribution < -0.4 is 5.32 Å². The molecule has 0 aliphatic heterocycles. The Morgan fingerprint density at radius 1 is 0.964 bits per heavy atom. The van der Waals surface area contributed by atoms with Crippen molar-refractivity contribution in [1.29, 1.82) is 0 Å². The van der Waals surface area contributed by atoms with Crippen molar-refractivity contribution in [2.45, 2.75) is 91.5 Å². The van der Waals surface area contributed by atoms with Crippen molar-refractivity contribution in [2.24, 2.45) is 11.3 Å². The summed E-state index contributed by atoms with van der Waals surface area (Å²) in [6, 6.07) is -0.365. The SMILES string of the molecule is CCOC(=O)CCCCCCC(NCCC(=O)C1CC(C)(C)C1)C(=O)OCC. The predicted molar refractivity (Wildman–Crippen MR) is 109 cm³/mol. The standard InChI is InChI=1S/C22H39NO5/c1-5-27-20(25)12-10-8-7-9-11-18(21(26)28-6-2)23-14-13-19(24)17-15-22(3,4)16-17/h17-18,23H,5-16H2,1-4H3. The molecule has 162 valence electrons. The zero-order chi connectivity index (χ0) is 21.0. The number of carbonyl (C=O) groups excluding carboxylic acids is 3. The lowest BCUT2D eigenvalue weighted by Crippen LogP contribution is -2.41. The number of nitrogens with one attached hydrogen (secondary N) is 1. The summed E-state index contributed by atoms with van der Waals surface area (Å²) in [7, 11) is 0. The van der Waals surface area contributed by atoms with Crippen LogP contribution in [0.5, 0.6) is 0 Å². The molecule has 1 fully saturated rings. The molecule has 1 N–H and O–H groups in total. The molecule has 1 unspecified atom stereocenters. The number of unbranched alkanes of at least 4 members (excludes halogenated alkanes) is 3. The van der Waals surface area contributed by atoms with E-state index < -0.39 is 0 Å². The summed E-state index contributed by atoms with van der Waals surface area (Å²) in [5.41, 5.74) is 0.300. The number of Topliss-reactive ketones (excluding diaryl/α,β-unsaturated/α-hetero) is 1. The summed E-state index contributed by atoms with van der Waals surface area (Å²) in [6.45, 7) is 9.28. The molecule has 1 atom stereocenters. The minimum absolute atomic E-state index is 0.145. The number of hydrogen-bond acceptors (Lipinski definition) is 6. The van der Waals surface area contributed by atoms with Crippen molar-refractivity contribution >= 4 is 17.7 Å². The van der Waals surface area contributed by atoms with Crippen LogP contribution in [0.1, 0.15) is 85.5 Å². The minimum Gasteiger partial charge on any atom is -0.466 e. The normalized spacial score (nSPS) is 16.9. The van der Waals surface area contributed by atoms with Crippen LogP contribution in [-0.4, -0.2) is 43.5 Å². The number of ketones is 1. The lowest BCUT2D eigenvalue weighted by molar-refractivity contribution is -0.146. The van der Waals surface area contributed by atoms with Crippen molar-refractivity contribution in [2.75, 3.05) is 19.8 Å². The van der Waals surface area contributed by atoms with Gasteiger partial charge in [-0.2, -0.15) is 0 Å². The highest BCUT2D eigenvalue weighted by molar-refractivity contribution is 5.82. The highest BCUT2D eigenvalue weighted by Crippen LogP contribution is 2.45. The Morgan fingerprint density at radius 2 is 1.61 bits per heavy atom. The monoisotopic (exact) mass is 397 g/mol. The summed E-state index contributed by atoms with van der Waals surface area (Å²) < 4.78 is 10.1. The minimum atomic E-state index is -0.365. The van der Waals surface area contributed by atoms with E-state index in [9.17, 15) is 14.4 Å². The summed E-state index contributed by atoms with van der Waals surface area (Å²) in [4.78, 5) is 35.7. The van der Waals surface area contributed by atoms with Gasteiger partial charge in [-0.1, -0.05) is 33.1 Å². The first-order valence-corrected chi connectivity index (χ1v) is 10.9. The summed E-state index contributed by atoms with van der Waals surface area (Å²) in [5.74, 6) is 0.102. The van der Waals surface area contributed by atoms with Gasteiger partial charge in [0, 0.05) is 25.3 Å². The van der Waals surface area contributed by atoms with Gasteiger partial charge in [0.2, 0.25) is 0 Å². The highest BCUT2D eigenvalue weighted by Gasteiger charge is 2.39. The molecule has 0 heterocycles. The molecule has 0 saturated heterocycles. The van der Waals surface area contributed by atoms with Gasteiger partial charge in [-0.15, -0.1) is 0 Å². The van der Waals surface area contributed by atoms with Crippen LogP contribution >= 0.6 is 0 Å². The van der Waals surface area contributed by atoms with Gasteiger partial charge < -0.3 is 14.8 Å². The Labute approximate surface area is 170 Å². The van der Waals surface area contributed by atoms with E-state index in [0.717, 1.165) is 38.5 Å². The highest BCUT2D eigenvalue weighted by atomic mass is 16.5. The van der Waals surface area contributed by atoms with Crippen molar-refractivity contribution in [3.05, 3.63) is 0 Å². The van der Waals surface area contributed by atoms with Crippen molar-refractivity contribution in [1.82, 2.24) is 5.32 Å². The van der Waals surface area contributed by atoms with Crippen LogP contribution in [0.15, 0.2) is 0 Å². The largest absolute Gasteiger partial charge is 0.466 e. The van der Waals surface area contributed by atoms with Crippen LogP contribution in [0, 0.1) is 11.3 Å².